The normalized spacial score (nSPS) is 12.8. The van der Waals surface area contributed by atoms with Crippen LogP contribution in [0.2, 0.25) is 0 Å². The van der Waals surface area contributed by atoms with E-state index in [0.29, 0.717) is 22.5 Å². The number of aromatic nitrogens is 2. The maximum Gasteiger partial charge on any atom is 0.101 e. The minimum Gasteiger partial charge on any atom is -0.310 e. The van der Waals surface area contributed by atoms with Crippen LogP contribution in [0.15, 0.2) is 188 Å². The number of hydrogen-bond donors (Lipinski definition) is 0. The van der Waals surface area contributed by atoms with Gasteiger partial charge in [0, 0.05) is 44.0 Å². The largest absolute Gasteiger partial charge is 0.310 e. The molecule has 5 nitrogen and oxygen atoms in total. The quantitative estimate of drug-likeness (QED) is 0.174. The maximum atomic E-state index is 11.1. The molecule has 2 heterocycles. The first-order chi connectivity index (χ1) is 30.4. The molecule has 2 aromatic heterocycles. The van der Waals surface area contributed by atoms with Gasteiger partial charge in [-0.2, -0.15) is 10.5 Å². The molecule has 0 aliphatic heterocycles. The summed E-state index contributed by atoms with van der Waals surface area (Å²) in [5.74, 6) is 0. The molecule has 12 rings (SSSR count). The molecule has 1 aliphatic carbocycles. The van der Waals surface area contributed by atoms with Gasteiger partial charge in [-0.05, 0) is 112 Å². The van der Waals surface area contributed by atoms with Crippen LogP contribution >= 0.6 is 0 Å². The Labute approximate surface area is 358 Å². The van der Waals surface area contributed by atoms with Crippen LogP contribution in [0.1, 0.15) is 36.1 Å². The Morgan fingerprint density at radius 1 is 0.419 bits per heavy atom. The lowest BCUT2D eigenvalue weighted by Gasteiger charge is -2.25. The van der Waals surface area contributed by atoms with Crippen LogP contribution in [-0.2, 0) is 5.41 Å². The van der Waals surface area contributed by atoms with Gasteiger partial charge in [0.25, 0.3) is 0 Å². The molecule has 0 N–H and O–H groups in total. The number of fused-ring (bicyclic) bond motifs is 11. The van der Waals surface area contributed by atoms with E-state index >= 15 is 0 Å². The molecule has 5 heteroatoms. The van der Waals surface area contributed by atoms with Gasteiger partial charge < -0.3 is 14.0 Å². The molecule has 0 radical (unpaired) electrons. The lowest BCUT2D eigenvalue weighted by molar-refractivity contribution is 0.661. The Kier molecular flexibility index (Phi) is 7.64. The number of benzene rings is 9. The number of anilines is 3. The number of nitrogens with zero attached hydrogens (tertiary/aromatic N) is 5. The van der Waals surface area contributed by atoms with E-state index in [1.807, 2.05) is 30.3 Å². The van der Waals surface area contributed by atoms with E-state index in [4.69, 9.17) is 0 Å². The van der Waals surface area contributed by atoms with Crippen molar-refractivity contribution >= 4 is 71.4 Å². The van der Waals surface area contributed by atoms with Crippen LogP contribution in [0.3, 0.4) is 0 Å². The fraction of sp³-hybridized carbons (Fsp3) is 0.0526. The van der Waals surface area contributed by atoms with Crippen LogP contribution in [0, 0.1) is 22.7 Å². The van der Waals surface area contributed by atoms with Gasteiger partial charge in [-0.25, -0.2) is 0 Å². The Morgan fingerprint density at radius 2 is 1.00 bits per heavy atom. The van der Waals surface area contributed by atoms with Crippen LogP contribution in [-0.4, -0.2) is 9.13 Å². The third kappa shape index (κ3) is 5.00. The molecule has 62 heavy (non-hydrogen) atoms. The van der Waals surface area contributed by atoms with E-state index in [-0.39, 0.29) is 5.41 Å². The molecule has 290 valence electrons. The van der Waals surface area contributed by atoms with Crippen LogP contribution in [0.5, 0.6) is 0 Å². The van der Waals surface area contributed by atoms with E-state index in [0.717, 1.165) is 71.4 Å². The van der Waals surface area contributed by atoms with Gasteiger partial charge in [0.2, 0.25) is 0 Å². The molecule has 0 amide bonds. The zero-order chi connectivity index (χ0) is 41.7. The van der Waals surface area contributed by atoms with E-state index in [1.54, 1.807) is 0 Å². The second kappa shape index (κ2) is 13.3. The minimum absolute atomic E-state index is 0.160. The SMILES string of the molecule is CC1(C)c2ccccc2-c2cc3c(cc21)c1ccccc1n3-c1cc(C#N)c(-n2c3ccc(N(c4ccccc4)c4ccccc4)cc3c3c4ccccc4ccc32)cc1C#N. The highest BCUT2D eigenvalue weighted by Gasteiger charge is 2.36. The zero-order valence-corrected chi connectivity index (χ0v) is 34.1. The molecule has 1 aliphatic rings. The van der Waals surface area contributed by atoms with Crippen LogP contribution < -0.4 is 4.90 Å². The van der Waals surface area contributed by atoms with Crippen molar-refractivity contribution in [3.05, 3.63) is 210 Å². The van der Waals surface area contributed by atoms with Crippen molar-refractivity contribution in [3.63, 3.8) is 0 Å². The van der Waals surface area contributed by atoms with E-state index in [9.17, 15) is 10.5 Å². The molecular weight excluding hydrogens is 755 g/mol. The molecule has 0 atom stereocenters. The lowest BCUT2D eigenvalue weighted by atomic mass is 9.82. The number of para-hydroxylation sites is 3. The van der Waals surface area contributed by atoms with E-state index in [2.05, 4.69) is 198 Å². The summed E-state index contributed by atoms with van der Waals surface area (Å²) in [6.45, 7) is 4.60. The van der Waals surface area contributed by atoms with Gasteiger partial charge in [0.15, 0.2) is 0 Å². The van der Waals surface area contributed by atoms with Gasteiger partial charge in [0.05, 0.1) is 44.6 Å². The molecule has 0 fully saturated rings. The molecule has 0 unspecified atom stereocenters. The van der Waals surface area contributed by atoms with Crippen molar-refractivity contribution in [2.45, 2.75) is 19.3 Å². The first-order valence-corrected chi connectivity index (χ1v) is 21.0. The average Bonchev–Trinajstić information content (AvgIpc) is 3.91. The molecule has 0 bridgehead atoms. The maximum absolute atomic E-state index is 11.1. The second-order valence-corrected chi connectivity index (χ2v) is 16.8. The van der Waals surface area contributed by atoms with Gasteiger partial charge in [0.1, 0.15) is 12.1 Å². The number of hydrogen-bond acceptors (Lipinski definition) is 3. The summed E-state index contributed by atoms with van der Waals surface area (Å²) in [4.78, 5) is 2.28. The summed E-state index contributed by atoms with van der Waals surface area (Å²) in [5, 5.41) is 28.9. The average molecular weight is 792 g/mol. The van der Waals surface area contributed by atoms with Gasteiger partial charge in [-0.3, -0.25) is 0 Å². The van der Waals surface area contributed by atoms with Gasteiger partial charge >= 0.3 is 0 Å². The minimum atomic E-state index is -0.160. The Hall–Kier alpha value is -8.38. The molecule has 0 saturated heterocycles. The standard InChI is InChI=1S/C57H37N5/c1-57(2)48-23-13-11-21-43(48)45-33-55-46(32-49(45)57)44-22-12-14-24-50(44)62(55)54-30-37(34-58)53(29-38(54)35-59)61-51-28-26-41(60(39-16-5-3-6-17-39)40-18-7-4-8-19-40)31-47(51)56-42-20-10-9-15-36(42)25-27-52(56)61/h3-33H,1-2H3. The Balaban J connectivity index is 1.12. The van der Waals surface area contributed by atoms with Crippen molar-refractivity contribution in [3.8, 4) is 34.6 Å². The highest BCUT2D eigenvalue weighted by Crippen LogP contribution is 2.51. The number of nitriles is 2. The topological polar surface area (TPSA) is 60.7 Å². The summed E-state index contributed by atoms with van der Waals surface area (Å²) in [6.07, 6.45) is 0. The summed E-state index contributed by atoms with van der Waals surface area (Å²) in [5.41, 5.74) is 14.2. The van der Waals surface area contributed by atoms with Crippen molar-refractivity contribution in [2.24, 2.45) is 0 Å². The smallest absolute Gasteiger partial charge is 0.101 e. The van der Waals surface area contributed by atoms with Crippen molar-refractivity contribution in [2.75, 3.05) is 4.90 Å². The van der Waals surface area contributed by atoms with Crippen molar-refractivity contribution in [1.82, 2.24) is 9.13 Å². The highest BCUT2D eigenvalue weighted by molar-refractivity contribution is 6.22. The zero-order valence-electron chi connectivity index (χ0n) is 34.1. The first-order valence-electron chi connectivity index (χ1n) is 21.0. The van der Waals surface area contributed by atoms with E-state index < -0.39 is 0 Å². The summed E-state index contributed by atoms with van der Waals surface area (Å²) in [6, 6.07) is 70.9. The predicted molar refractivity (Wildman–Crippen MR) is 254 cm³/mol. The highest BCUT2D eigenvalue weighted by atomic mass is 15.1. The first kappa shape index (κ1) is 35.6. The Morgan fingerprint density at radius 3 is 1.71 bits per heavy atom. The predicted octanol–water partition coefficient (Wildman–Crippen LogP) is 14.6. The summed E-state index contributed by atoms with van der Waals surface area (Å²) >= 11 is 0. The van der Waals surface area contributed by atoms with Crippen LogP contribution in [0.4, 0.5) is 17.1 Å². The summed E-state index contributed by atoms with van der Waals surface area (Å²) < 4.78 is 4.37. The third-order valence-electron chi connectivity index (χ3n) is 13.1. The van der Waals surface area contributed by atoms with E-state index in [1.165, 1.54) is 22.3 Å². The van der Waals surface area contributed by atoms with Gasteiger partial charge in [-0.15, -0.1) is 0 Å². The lowest BCUT2D eigenvalue weighted by Crippen LogP contribution is -2.14. The number of rotatable bonds is 5. The molecule has 9 aromatic carbocycles. The molecular formula is C57H37N5. The van der Waals surface area contributed by atoms with Gasteiger partial charge in [-0.1, -0.05) is 123 Å². The fourth-order valence-corrected chi connectivity index (χ4v) is 10.3. The fourth-order valence-electron chi connectivity index (χ4n) is 10.3. The molecule has 0 saturated carbocycles. The second-order valence-electron chi connectivity index (χ2n) is 16.8. The third-order valence-corrected chi connectivity index (χ3v) is 13.1. The summed E-state index contributed by atoms with van der Waals surface area (Å²) in [7, 11) is 0. The molecule has 0 spiro atoms. The monoisotopic (exact) mass is 791 g/mol. The van der Waals surface area contributed by atoms with Crippen molar-refractivity contribution < 1.29 is 0 Å². The Bertz CT molecular complexity index is 3700. The molecule has 11 aromatic rings. The van der Waals surface area contributed by atoms with Crippen LogP contribution in [0.25, 0.3) is 76.9 Å². The van der Waals surface area contributed by atoms with Crippen molar-refractivity contribution in [1.29, 1.82) is 10.5 Å².